The average molecular weight is 203 g/mol. The summed E-state index contributed by atoms with van der Waals surface area (Å²) in [5, 5.41) is 2.44. The summed E-state index contributed by atoms with van der Waals surface area (Å²) < 4.78 is 5.09. The summed E-state index contributed by atoms with van der Waals surface area (Å²) in [7, 11) is 0. The number of benzene rings is 1. The normalized spacial score (nSPS) is 11.2. The fourth-order valence-corrected chi connectivity index (χ4v) is 1.12. The molecule has 3 heteroatoms. The molecule has 1 atom stereocenters. The highest BCUT2D eigenvalue weighted by atomic mass is 16.6. The van der Waals surface area contributed by atoms with E-state index >= 15 is 0 Å². The first-order chi connectivity index (χ1) is 7.24. The zero-order valence-electron chi connectivity index (χ0n) is 8.57. The third-order valence-corrected chi connectivity index (χ3v) is 1.89. The van der Waals surface area contributed by atoms with Gasteiger partial charge in [0.25, 0.3) is 0 Å². The lowest BCUT2D eigenvalue weighted by Gasteiger charge is -2.13. The molecule has 0 saturated carbocycles. The van der Waals surface area contributed by atoms with Gasteiger partial charge in [-0.2, -0.15) is 0 Å². The van der Waals surface area contributed by atoms with Crippen LogP contribution in [0.15, 0.2) is 30.3 Å². The van der Waals surface area contributed by atoms with Crippen LogP contribution in [0.5, 0.6) is 0 Å². The predicted molar refractivity (Wildman–Crippen MR) is 58.2 cm³/mol. The first kappa shape index (κ1) is 11.1. The van der Waals surface area contributed by atoms with E-state index in [2.05, 4.69) is 11.2 Å². The fourth-order valence-electron chi connectivity index (χ4n) is 1.12. The Morgan fingerprint density at radius 3 is 2.80 bits per heavy atom. The van der Waals surface area contributed by atoms with Crippen LogP contribution in [0, 0.1) is 12.3 Å². The Morgan fingerprint density at radius 1 is 1.53 bits per heavy atom. The van der Waals surface area contributed by atoms with E-state index in [1.54, 1.807) is 0 Å². The smallest absolute Gasteiger partial charge is 0.408 e. The van der Waals surface area contributed by atoms with Gasteiger partial charge in [-0.1, -0.05) is 36.3 Å². The van der Waals surface area contributed by atoms with Gasteiger partial charge in [-0.3, -0.25) is 0 Å². The number of ether oxygens (including phenoxy) is 1. The molecule has 0 saturated heterocycles. The molecule has 0 aromatic heterocycles. The minimum atomic E-state index is -0.496. The van der Waals surface area contributed by atoms with Gasteiger partial charge in [-0.05, 0) is 12.5 Å². The summed E-state index contributed by atoms with van der Waals surface area (Å²) in [6.07, 6.45) is 4.23. The first-order valence-corrected chi connectivity index (χ1v) is 4.67. The van der Waals surface area contributed by atoms with Crippen molar-refractivity contribution in [2.24, 2.45) is 0 Å². The molecule has 0 aliphatic rings. The molecule has 1 aromatic carbocycles. The number of nitrogens with one attached hydrogen (secondary N) is 1. The number of hydrogen-bond donors (Lipinski definition) is 1. The van der Waals surface area contributed by atoms with E-state index in [1.807, 2.05) is 37.3 Å². The van der Waals surface area contributed by atoms with E-state index < -0.39 is 6.09 Å². The lowest BCUT2D eigenvalue weighted by atomic mass is 10.1. The Hall–Kier alpha value is -1.95. The van der Waals surface area contributed by atoms with E-state index in [9.17, 15) is 4.79 Å². The lowest BCUT2D eigenvalue weighted by molar-refractivity contribution is 0.108. The lowest BCUT2D eigenvalue weighted by Crippen LogP contribution is -2.25. The van der Waals surface area contributed by atoms with Gasteiger partial charge >= 0.3 is 6.09 Å². The van der Waals surface area contributed by atoms with Crippen molar-refractivity contribution in [1.82, 2.24) is 5.32 Å². The number of rotatable bonds is 3. The summed E-state index contributed by atoms with van der Waals surface area (Å²) in [5.41, 5.74) is 0.952. The molecule has 15 heavy (non-hydrogen) atoms. The molecule has 1 amide bonds. The highest BCUT2D eigenvalue weighted by molar-refractivity contribution is 5.67. The van der Waals surface area contributed by atoms with Gasteiger partial charge in [0.1, 0.15) is 6.10 Å². The standard InChI is InChI=1S/C12H13NO2/c1-3-9-13-12(14)15-10(2)11-7-5-4-6-8-11/h1,4-8,10H,9H2,2H3,(H,13,14)/t10-/m0/s1. The van der Waals surface area contributed by atoms with Gasteiger partial charge in [0.2, 0.25) is 0 Å². The molecule has 78 valence electrons. The van der Waals surface area contributed by atoms with E-state index in [0.717, 1.165) is 5.56 Å². The highest BCUT2D eigenvalue weighted by Crippen LogP contribution is 2.15. The van der Waals surface area contributed by atoms with Gasteiger partial charge in [-0.15, -0.1) is 6.42 Å². The average Bonchev–Trinajstić information content (AvgIpc) is 2.27. The molecule has 1 aromatic rings. The van der Waals surface area contributed by atoms with Crippen LogP contribution in [0.25, 0.3) is 0 Å². The van der Waals surface area contributed by atoms with Crippen molar-refractivity contribution in [3.8, 4) is 12.3 Å². The van der Waals surface area contributed by atoms with Crippen molar-refractivity contribution < 1.29 is 9.53 Å². The second-order valence-electron chi connectivity index (χ2n) is 3.02. The number of terminal acetylenes is 1. The molecule has 0 fully saturated rings. The topological polar surface area (TPSA) is 38.3 Å². The third-order valence-electron chi connectivity index (χ3n) is 1.89. The van der Waals surface area contributed by atoms with E-state index in [0.29, 0.717) is 0 Å². The zero-order valence-corrected chi connectivity index (χ0v) is 8.57. The van der Waals surface area contributed by atoms with Crippen LogP contribution in [-0.2, 0) is 4.74 Å². The van der Waals surface area contributed by atoms with Crippen LogP contribution in [0.1, 0.15) is 18.6 Å². The summed E-state index contributed by atoms with van der Waals surface area (Å²) in [5.74, 6) is 2.30. The third kappa shape index (κ3) is 3.74. The molecule has 3 nitrogen and oxygen atoms in total. The van der Waals surface area contributed by atoms with Crippen LogP contribution in [-0.4, -0.2) is 12.6 Å². The maximum Gasteiger partial charge on any atom is 0.408 e. The summed E-state index contributed by atoms with van der Waals surface area (Å²) >= 11 is 0. The molecule has 0 spiro atoms. The number of amides is 1. The maximum atomic E-state index is 11.2. The van der Waals surface area contributed by atoms with Crippen molar-refractivity contribution >= 4 is 6.09 Å². The fraction of sp³-hybridized carbons (Fsp3) is 0.250. The second-order valence-corrected chi connectivity index (χ2v) is 3.02. The Bertz CT molecular complexity index is 354. The Balaban J connectivity index is 2.46. The van der Waals surface area contributed by atoms with Crippen molar-refractivity contribution in [2.75, 3.05) is 6.54 Å². The van der Waals surface area contributed by atoms with E-state index in [-0.39, 0.29) is 12.6 Å². The Labute approximate surface area is 89.4 Å². The summed E-state index contributed by atoms with van der Waals surface area (Å²) in [4.78, 5) is 11.2. The van der Waals surface area contributed by atoms with Gasteiger partial charge in [0, 0.05) is 0 Å². The minimum Gasteiger partial charge on any atom is -0.442 e. The van der Waals surface area contributed by atoms with Crippen molar-refractivity contribution in [2.45, 2.75) is 13.0 Å². The minimum absolute atomic E-state index is 0.181. The number of alkyl carbamates (subject to hydrolysis) is 1. The van der Waals surface area contributed by atoms with Gasteiger partial charge in [0.05, 0.1) is 6.54 Å². The van der Waals surface area contributed by atoms with Gasteiger partial charge in [0.15, 0.2) is 0 Å². The van der Waals surface area contributed by atoms with Crippen LogP contribution in [0.2, 0.25) is 0 Å². The van der Waals surface area contributed by atoms with Crippen LogP contribution in [0.3, 0.4) is 0 Å². The van der Waals surface area contributed by atoms with Crippen molar-refractivity contribution in [3.63, 3.8) is 0 Å². The van der Waals surface area contributed by atoms with E-state index in [4.69, 9.17) is 11.2 Å². The number of carbonyl (C=O) groups is 1. The number of hydrogen-bond acceptors (Lipinski definition) is 2. The van der Waals surface area contributed by atoms with Gasteiger partial charge < -0.3 is 10.1 Å². The first-order valence-electron chi connectivity index (χ1n) is 4.67. The second kappa shape index (κ2) is 5.71. The predicted octanol–water partition coefficient (Wildman–Crippen LogP) is 2.11. The molecule has 0 aliphatic carbocycles. The summed E-state index contributed by atoms with van der Waals surface area (Å²) in [6.45, 7) is 1.99. The van der Waals surface area contributed by atoms with Crippen molar-refractivity contribution in [1.29, 1.82) is 0 Å². The molecule has 1 N–H and O–H groups in total. The quantitative estimate of drug-likeness (QED) is 0.764. The maximum absolute atomic E-state index is 11.2. The molecule has 0 unspecified atom stereocenters. The van der Waals surface area contributed by atoms with Gasteiger partial charge in [-0.25, -0.2) is 4.79 Å². The molecule has 0 radical (unpaired) electrons. The van der Waals surface area contributed by atoms with Crippen LogP contribution in [0.4, 0.5) is 4.79 Å². The largest absolute Gasteiger partial charge is 0.442 e. The molecule has 0 bridgehead atoms. The molecule has 1 rings (SSSR count). The molecule has 0 aliphatic heterocycles. The highest BCUT2D eigenvalue weighted by Gasteiger charge is 2.09. The van der Waals surface area contributed by atoms with E-state index in [1.165, 1.54) is 0 Å². The Morgan fingerprint density at radius 2 is 2.20 bits per heavy atom. The van der Waals surface area contributed by atoms with Crippen LogP contribution < -0.4 is 5.32 Å². The zero-order chi connectivity index (χ0) is 11.1. The summed E-state index contributed by atoms with van der Waals surface area (Å²) in [6, 6.07) is 9.51. The molecular weight excluding hydrogens is 190 g/mol. The molecular formula is C12H13NO2. The Kier molecular flexibility index (Phi) is 4.24. The SMILES string of the molecule is C#CCNC(=O)O[C@@H](C)c1ccccc1. The van der Waals surface area contributed by atoms with Crippen molar-refractivity contribution in [3.05, 3.63) is 35.9 Å². The molecule has 0 heterocycles. The van der Waals surface area contributed by atoms with Crippen LogP contribution >= 0.6 is 0 Å². The number of carbonyl (C=O) groups excluding carboxylic acids is 1. The monoisotopic (exact) mass is 203 g/mol.